The van der Waals surface area contributed by atoms with Crippen LogP contribution in [0.2, 0.25) is 0 Å². The number of piperidine rings is 1. The summed E-state index contributed by atoms with van der Waals surface area (Å²) in [6.45, 7) is 7.44. The lowest BCUT2D eigenvalue weighted by molar-refractivity contribution is 0.0486. The van der Waals surface area contributed by atoms with Crippen molar-refractivity contribution in [1.29, 1.82) is 0 Å². The molecule has 2 fully saturated rings. The smallest absolute Gasteiger partial charge is 0.177 e. The minimum Gasteiger partial charge on any atom is -0.381 e. The molecule has 0 amide bonds. The molecule has 0 saturated carbocycles. The summed E-state index contributed by atoms with van der Waals surface area (Å²) in [6, 6.07) is 3.99. The predicted octanol–water partition coefficient (Wildman–Crippen LogP) is 2.04. The number of aryl methyl sites for hydroxylation is 1. The molecule has 2 saturated heterocycles. The number of ether oxygens (including phenoxy) is 1. The molecule has 4 rings (SSSR count). The van der Waals surface area contributed by atoms with E-state index in [1.165, 1.54) is 19.4 Å². The van der Waals surface area contributed by atoms with Gasteiger partial charge in [-0.25, -0.2) is 0 Å². The normalized spacial score (nSPS) is 22.0. The van der Waals surface area contributed by atoms with Crippen LogP contribution in [0.5, 0.6) is 0 Å². The van der Waals surface area contributed by atoms with Gasteiger partial charge in [0.15, 0.2) is 11.5 Å². The lowest BCUT2D eigenvalue weighted by Gasteiger charge is -2.34. The van der Waals surface area contributed by atoms with E-state index in [-0.39, 0.29) is 0 Å². The zero-order chi connectivity index (χ0) is 15.6. The van der Waals surface area contributed by atoms with Crippen LogP contribution in [0.3, 0.4) is 0 Å². The van der Waals surface area contributed by atoms with Gasteiger partial charge in [-0.2, -0.15) is 9.61 Å². The van der Waals surface area contributed by atoms with Gasteiger partial charge in [-0.3, -0.25) is 0 Å². The van der Waals surface area contributed by atoms with Crippen LogP contribution in [0.1, 0.15) is 43.1 Å². The van der Waals surface area contributed by atoms with E-state index >= 15 is 0 Å². The Morgan fingerprint density at radius 1 is 1.09 bits per heavy atom. The van der Waals surface area contributed by atoms with Crippen LogP contribution < -0.4 is 0 Å². The standard InChI is InChI=1S/C17H25N5O/c1-13-2-3-16-18-19-17(22(16)20-13)15-4-8-21(9-5-15)12-14-6-10-23-11-7-14/h2-3,14-15H,4-12H2,1H3. The Labute approximate surface area is 136 Å². The van der Waals surface area contributed by atoms with Gasteiger partial charge in [0.05, 0.1) is 5.69 Å². The minimum atomic E-state index is 0.477. The van der Waals surface area contributed by atoms with Crippen molar-refractivity contribution in [3.8, 4) is 0 Å². The summed E-state index contributed by atoms with van der Waals surface area (Å²) in [5.41, 5.74) is 1.87. The van der Waals surface area contributed by atoms with E-state index in [4.69, 9.17) is 4.74 Å². The molecule has 2 aliphatic rings. The third-order valence-corrected chi connectivity index (χ3v) is 5.23. The highest BCUT2D eigenvalue weighted by atomic mass is 16.5. The summed E-state index contributed by atoms with van der Waals surface area (Å²) in [6.07, 6.45) is 4.75. The largest absolute Gasteiger partial charge is 0.381 e. The van der Waals surface area contributed by atoms with Crippen LogP contribution >= 0.6 is 0 Å². The van der Waals surface area contributed by atoms with Crippen LogP contribution in [-0.2, 0) is 4.74 Å². The molecule has 0 atom stereocenters. The van der Waals surface area contributed by atoms with Gasteiger partial charge in [0.1, 0.15) is 0 Å². The average Bonchev–Trinajstić information content (AvgIpc) is 2.99. The minimum absolute atomic E-state index is 0.477. The van der Waals surface area contributed by atoms with E-state index in [0.29, 0.717) is 5.92 Å². The predicted molar refractivity (Wildman–Crippen MR) is 87.5 cm³/mol. The summed E-state index contributed by atoms with van der Waals surface area (Å²) >= 11 is 0. The third-order valence-electron chi connectivity index (χ3n) is 5.23. The molecule has 0 unspecified atom stereocenters. The number of likely N-dealkylation sites (tertiary alicyclic amines) is 1. The van der Waals surface area contributed by atoms with Gasteiger partial charge in [0, 0.05) is 25.7 Å². The Morgan fingerprint density at radius 3 is 2.65 bits per heavy atom. The van der Waals surface area contributed by atoms with E-state index in [0.717, 1.165) is 62.2 Å². The number of hydrogen-bond acceptors (Lipinski definition) is 5. The van der Waals surface area contributed by atoms with Gasteiger partial charge in [0.25, 0.3) is 0 Å². The lowest BCUT2D eigenvalue weighted by atomic mass is 9.93. The van der Waals surface area contributed by atoms with Crippen LogP contribution in [-0.4, -0.2) is 57.6 Å². The second-order valence-electron chi connectivity index (χ2n) is 6.93. The number of fused-ring (bicyclic) bond motifs is 1. The van der Waals surface area contributed by atoms with Crippen molar-refractivity contribution in [1.82, 2.24) is 24.7 Å². The molecule has 0 bridgehead atoms. The molecule has 0 N–H and O–H groups in total. The SMILES string of the molecule is Cc1ccc2nnc(C3CCN(CC4CCOCC4)CC3)n2n1. The molecule has 0 spiro atoms. The van der Waals surface area contributed by atoms with E-state index in [1.807, 2.05) is 23.6 Å². The molecular formula is C17H25N5O. The molecule has 2 aliphatic heterocycles. The molecule has 23 heavy (non-hydrogen) atoms. The highest BCUT2D eigenvalue weighted by Gasteiger charge is 2.26. The fraction of sp³-hybridized carbons (Fsp3) is 0.706. The van der Waals surface area contributed by atoms with Gasteiger partial charge in [-0.05, 0) is 63.7 Å². The Balaban J connectivity index is 1.39. The van der Waals surface area contributed by atoms with Crippen molar-refractivity contribution in [2.45, 2.75) is 38.5 Å². The van der Waals surface area contributed by atoms with Gasteiger partial charge in [-0.1, -0.05) is 0 Å². The molecule has 4 heterocycles. The Hall–Kier alpha value is -1.53. The molecule has 2 aromatic rings. The summed E-state index contributed by atoms with van der Waals surface area (Å²) in [5.74, 6) is 2.33. The first-order valence-electron chi connectivity index (χ1n) is 8.78. The van der Waals surface area contributed by atoms with Crippen molar-refractivity contribution >= 4 is 5.65 Å². The quantitative estimate of drug-likeness (QED) is 0.867. The molecule has 6 nitrogen and oxygen atoms in total. The first kappa shape index (κ1) is 15.0. The van der Waals surface area contributed by atoms with E-state index in [2.05, 4.69) is 20.2 Å². The molecular weight excluding hydrogens is 290 g/mol. The van der Waals surface area contributed by atoms with Crippen molar-refractivity contribution in [3.05, 3.63) is 23.7 Å². The van der Waals surface area contributed by atoms with Crippen LogP contribution in [0, 0.1) is 12.8 Å². The summed E-state index contributed by atoms with van der Waals surface area (Å²) < 4.78 is 7.40. The van der Waals surface area contributed by atoms with E-state index < -0.39 is 0 Å². The van der Waals surface area contributed by atoms with E-state index in [1.54, 1.807) is 0 Å². The first-order valence-corrected chi connectivity index (χ1v) is 8.78. The van der Waals surface area contributed by atoms with Crippen LogP contribution in [0.25, 0.3) is 5.65 Å². The zero-order valence-corrected chi connectivity index (χ0v) is 13.8. The maximum absolute atomic E-state index is 5.46. The number of hydrogen-bond donors (Lipinski definition) is 0. The number of aromatic nitrogens is 4. The molecule has 2 aromatic heterocycles. The Kier molecular flexibility index (Phi) is 4.27. The van der Waals surface area contributed by atoms with Gasteiger partial charge in [0.2, 0.25) is 0 Å². The van der Waals surface area contributed by atoms with Crippen LogP contribution in [0.15, 0.2) is 12.1 Å². The van der Waals surface area contributed by atoms with Gasteiger partial charge in [-0.15, -0.1) is 10.2 Å². The van der Waals surface area contributed by atoms with Crippen molar-refractivity contribution in [2.24, 2.45) is 5.92 Å². The topological polar surface area (TPSA) is 55.5 Å². The first-order chi connectivity index (χ1) is 11.3. The fourth-order valence-corrected chi connectivity index (χ4v) is 3.82. The Bertz CT molecular complexity index is 656. The number of nitrogens with zero attached hydrogens (tertiary/aromatic N) is 5. The monoisotopic (exact) mass is 315 g/mol. The number of rotatable bonds is 3. The molecule has 0 aliphatic carbocycles. The molecule has 6 heteroatoms. The Morgan fingerprint density at radius 2 is 1.87 bits per heavy atom. The van der Waals surface area contributed by atoms with Crippen molar-refractivity contribution in [2.75, 3.05) is 32.8 Å². The maximum Gasteiger partial charge on any atom is 0.177 e. The highest BCUT2D eigenvalue weighted by Crippen LogP contribution is 2.28. The van der Waals surface area contributed by atoms with Crippen LogP contribution in [0.4, 0.5) is 0 Å². The van der Waals surface area contributed by atoms with Crippen molar-refractivity contribution in [3.63, 3.8) is 0 Å². The average molecular weight is 315 g/mol. The maximum atomic E-state index is 5.46. The summed E-state index contributed by atoms with van der Waals surface area (Å²) in [5, 5.41) is 13.3. The van der Waals surface area contributed by atoms with Crippen molar-refractivity contribution < 1.29 is 4.74 Å². The third kappa shape index (κ3) is 3.23. The van der Waals surface area contributed by atoms with Gasteiger partial charge < -0.3 is 9.64 Å². The molecule has 0 aromatic carbocycles. The highest BCUT2D eigenvalue weighted by molar-refractivity contribution is 5.36. The fourth-order valence-electron chi connectivity index (χ4n) is 3.82. The molecule has 124 valence electrons. The second-order valence-corrected chi connectivity index (χ2v) is 6.93. The zero-order valence-electron chi connectivity index (χ0n) is 13.8. The van der Waals surface area contributed by atoms with Gasteiger partial charge >= 0.3 is 0 Å². The summed E-state index contributed by atoms with van der Waals surface area (Å²) in [4.78, 5) is 2.62. The van der Waals surface area contributed by atoms with E-state index in [9.17, 15) is 0 Å². The lowest BCUT2D eigenvalue weighted by Crippen LogP contribution is -2.38. The summed E-state index contributed by atoms with van der Waals surface area (Å²) in [7, 11) is 0. The molecule has 0 radical (unpaired) electrons. The second kappa shape index (κ2) is 6.53.